The summed E-state index contributed by atoms with van der Waals surface area (Å²) < 4.78 is 1.87. The third-order valence-corrected chi connectivity index (χ3v) is 5.90. The summed E-state index contributed by atoms with van der Waals surface area (Å²) >= 11 is 0. The highest BCUT2D eigenvalue weighted by molar-refractivity contribution is 6.22. The minimum Gasteiger partial charge on any atom is -0.352 e. The number of benzene rings is 2. The Balaban J connectivity index is 1.33. The molecule has 3 amide bonds. The number of amides is 3. The van der Waals surface area contributed by atoms with E-state index in [-0.39, 0.29) is 17.7 Å². The first-order valence-electron chi connectivity index (χ1n) is 11.4. The number of unbranched alkanes of at least 4 members (excludes halogenated alkanes) is 1. The van der Waals surface area contributed by atoms with Crippen molar-refractivity contribution in [2.45, 2.75) is 39.5 Å². The molecule has 0 saturated heterocycles. The number of fused-ring (bicyclic) bond motifs is 1. The molecule has 170 valence electrons. The van der Waals surface area contributed by atoms with Gasteiger partial charge in [0, 0.05) is 24.8 Å². The van der Waals surface area contributed by atoms with Crippen molar-refractivity contribution < 1.29 is 14.4 Å². The number of imide groups is 1. The zero-order chi connectivity index (χ0) is 23.4. The van der Waals surface area contributed by atoms with Crippen molar-refractivity contribution in [1.82, 2.24) is 20.0 Å². The molecule has 7 heteroatoms. The van der Waals surface area contributed by atoms with Gasteiger partial charge in [-0.25, -0.2) is 4.68 Å². The van der Waals surface area contributed by atoms with Crippen LogP contribution in [0.2, 0.25) is 0 Å². The molecule has 0 spiro atoms. The van der Waals surface area contributed by atoms with Crippen LogP contribution in [0.4, 0.5) is 0 Å². The smallest absolute Gasteiger partial charge is 0.261 e. The van der Waals surface area contributed by atoms with E-state index in [1.807, 2.05) is 55.1 Å². The number of nitrogens with zero attached hydrogens (tertiary/aromatic N) is 3. The maximum absolute atomic E-state index is 12.6. The third kappa shape index (κ3) is 4.72. The number of carbonyl (C=O) groups is 3. The van der Waals surface area contributed by atoms with Gasteiger partial charge in [0.2, 0.25) is 0 Å². The molecule has 0 saturated carbocycles. The van der Waals surface area contributed by atoms with Gasteiger partial charge in [0.25, 0.3) is 17.7 Å². The van der Waals surface area contributed by atoms with Crippen molar-refractivity contribution in [2.75, 3.05) is 13.1 Å². The number of aromatic nitrogens is 2. The van der Waals surface area contributed by atoms with Gasteiger partial charge in [-0.1, -0.05) is 31.5 Å². The molecule has 0 aliphatic carbocycles. The molecule has 0 bridgehead atoms. The molecule has 1 N–H and O–H groups in total. The van der Waals surface area contributed by atoms with Crippen molar-refractivity contribution >= 4 is 17.7 Å². The normalized spacial score (nSPS) is 12.8. The fourth-order valence-electron chi connectivity index (χ4n) is 3.99. The van der Waals surface area contributed by atoms with Crippen LogP contribution < -0.4 is 5.32 Å². The Morgan fingerprint density at radius 2 is 1.76 bits per heavy atom. The van der Waals surface area contributed by atoms with E-state index in [4.69, 9.17) is 0 Å². The molecule has 0 fully saturated rings. The summed E-state index contributed by atoms with van der Waals surface area (Å²) in [6, 6.07) is 14.7. The first-order chi connectivity index (χ1) is 16.0. The van der Waals surface area contributed by atoms with E-state index in [1.165, 1.54) is 11.0 Å². The summed E-state index contributed by atoms with van der Waals surface area (Å²) in [5.41, 5.74) is 4.20. The molecular formula is C26H28N4O3. The lowest BCUT2D eigenvalue weighted by molar-refractivity contribution is 0.0652. The number of aryl methyl sites for hydroxylation is 2. The van der Waals surface area contributed by atoms with Gasteiger partial charge in [-0.05, 0) is 62.1 Å². The first kappa shape index (κ1) is 22.5. The van der Waals surface area contributed by atoms with E-state index in [0.717, 1.165) is 42.6 Å². The Morgan fingerprint density at radius 3 is 2.52 bits per heavy atom. The number of hydrogen-bond acceptors (Lipinski definition) is 4. The molecule has 0 atom stereocenters. The minimum atomic E-state index is -0.316. The monoisotopic (exact) mass is 444 g/mol. The second-order valence-corrected chi connectivity index (χ2v) is 8.26. The van der Waals surface area contributed by atoms with Crippen LogP contribution in [0.3, 0.4) is 0 Å². The predicted octanol–water partition coefficient (Wildman–Crippen LogP) is 3.94. The summed E-state index contributed by atoms with van der Waals surface area (Å²) in [6.45, 7) is 4.91. The molecule has 1 aliphatic heterocycles. The molecule has 0 radical (unpaired) electrons. The van der Waals surface area contributed by atoms with E-state index in [9.17, 15) is 14.4 Å². The lowest BCUT2D eigenvalue weighted by Crippen LogP contribution is -2.30. The lowest BCUT2D eigenvalue weighted by Gasteiger charge is -2.12. The molecule has 2 heterocycles. The summed E-state index contributed by atoms with van der Waals surface area (Å²) in [4.78, 5) is 39.0. The Morgan fingerprint density at radius 1 is 1.00 bits per heavy atom. The molecule has 33 heavy (non-hydrogen) atoms. The van der Waals surface area contributed by atoms with Gasteiger partial charge in [0.05, 0.1) is 22.5 Å². The van der Waals surface area contributed by atoms with Gasteiger partial charge in [-0.15, -0.1) is 0 Å². The average molecular weight is 445 g/mol. The van der Waals surface area contributed by atoms with E-state index >= 15 is 0 Å². The summed E-state index contributed by atoms with van der Waals surface area (Å²) in [5, 5.41) is 7.49. The second-order valence-electron chi connectivity index (χ2n) is 8.26. The highest BCUT2D eigenvalue weighted by atomic mass is 16.2. The number of hydrogen-bond donors (Lipinski definition) is 1. The van der Waals surface area contributed by atoms with Gasteiger partial charge < -0.3 is 5.32 Å². The van der Waals surface area contributed by atoms with Crippen LogP contribution in [0, 0.1) is 6.92 Å². The summed E-state index contributed by atoms with van der Waals surface area (Å²) in [7, 11) is 0. The standard InChI is InChI=1S/C26H28N4O3/c1-3-4-15-29-25(32)22-13-12-19(16-23(22)26(29)33)24(31)27-14-8-9-20-17-30(28-18(20)2)21-10-6-5-7-11-21/h5-7,10-13,16-17H,3-4,8-9,14-15H2,1-2H3,(H,27,31). The minimum absolute atomic E-state index is 0.248. The van der Waals surface area contributed by atoms with Crippen LogP contribution in [0.1, 0.15) is 68.5 Å². The van der Waals surface area contributed by atoms with Crippen LogP contribution >= 0.6 is 0 Å². The third-order valence-electron chi connectivity index (χ3n) is 5.90. The average Bonchev–Trinajstić information content (AvgIpc) is 3.32. The van der Waals surface area contributed by atoms with Gasteiger partial charge >= 0.3 is 0 Å². The van der Waals surface area contributed by atoms with Crippen LogP contribution in [-0.4, -0.2) is 45.5 Å². The lowest BCUT2D eigenvalue weighted by atomic mass is 10.1. The van der Waals surface area contributed by atoms with Gasteiger partial charge in [0.15, 0.2) is 0 Å². The van der Waals surface area contributed by atoms with Crippen molar-refractivity contribution in [1.29, 1.82) is 0 Å². The molecule has 0 unspecified atom stereocenters. The van der Waals surface area contributed by atoms with Gasteiger partial charge in [-0.3, -0.25) is 19.3 Å². The maximum atomic E-state index is 12.6. The molecule has 2 aromatic carbocycles. The van der Waals surface area contributed by atoms with Crippen LogP contribution in [0.5, 0.6) is 0 Å². The van der Waals surface area contributed by atoms with Crippen LogP contribution in [-0.2, 0) is 6.42 Å². The van der Waals surface area contributed by atoms with E-state index < -0.39 is 0 Å². The topological polar surface area (TPSA) is 84.3 Å². The molecule has 3 aromatic rings. The highest BCUT2D eigenvalue weighted by Gasteiger charge is 2.35. The van der Waals surface area contributed by atoms with Gasteiger partial charge in [0.1, 0.15) is 0 Å². The Hall–Kier alpha value is -3.74. The zero-order valence-electron chi connectivity index (χ0n) is 19.0. The van der Waals surface area contributed by atoms with Crippen molar-refractivity contribution in [3.63, 3.8) is 0 Å². The number of nitrogens with one attached hydrogen (secondary N) is 1. The van der Waals surface area contributed by atoms with Crippen molar-refractivity contribution in [2.24, 2.45) is 0 Å². The maximum Gasteiger partial charge on any atom is 0.261 e. The fourth-order valence-corrected chi connectivity index (χ4v) is 3.99. The quantitative estimate of drug-likeness (QED) is 0.400. The van der Waals surface area contributed by atoms with E-state index in [1.54, 1.807) is 12.1 Å². The van der Waals surface area contributed by atoms with Crippen LogP contribution in [0.25, 0.3) is 5.69 Å². The fraction of sp³-hybridized carbons (Fsp3) is 0.308. The molecule has 7 nitrogen and oxygen atoms in total. The Bertz CT molecular complexity index is 1180. The van der Waals surface area contributed by atoms with E-state index in [2.05, 4.69) is 10.4 Å². The first-order valence-corrected chi connectivity index (χ1v) is 11.4. The molecule has 1 aromatic heterocycles. The predicted molar refractivity (Wildman–Crippen MR) is 126 cm³/mol. The number of carbonyl (C=O) groups excluding carboxylic acids is 3. The van der Waals surface area contributed by atoms with Gasteiger partial charge in [-0.2, -0.15) is 5.10 Å². The summed E-state index contributed by atoms with van der Waals surface area (Å²) in [6.07, 6.45) is 5.25. The van der Waals surface area contributed by atoms with Crippen molar-refractivity contribution in [3.8, 4) is 5.69 Å². The Labute approximate surface area is 193 Å². The highest BCUT2D eigenvalue weighted by Crippen LogP contribution is 2.24. The number of rotatable bonds is 9. The molecule has 1 aliphatic rings. The number of para-hydroxylation sites is 1. The van der Waals surface area contributed by atoms with Crippen molar-refractivity contribution in [3.05, 3.63) is 82.7 Å². The molecule has 4 rings (SSSR count). The van der Waals surface area contributed by atoms with Crippen LogP contribution in [0.15, 0.2) is 54.7 Å². The largest absolute Gasteiger partial charge is 0.352 e. The van der Waals surface area contributed by atoms with E-state index in [0.29, 0.717) is 29.8 Å². The molecular weight excluding hydrogens is 416 g/mol. The Kier molecular flexibility index (Phi) is 6.68. The zero-order valence-corrected chi connectivity index (χ0v) is 19.0. The SMILES string of the molecule is CCCCN1C(=O)c2ccc(C(=O)NCCCc3cn(-c4ccccc4)nc3C)cc2C1=O. The summed E-state index contributed by atoms with van der Waals surface area (Å²) in [5.74, 6) is -0.840. The second kappa shape index (κ2) is 9.81.